The lowest BCUT2D eigenvalue weighted by molar-refractivity contribution is -0.143. The van der Waals surface area contributed by atoms with Gasteiger partial charge in [-0.15, -0.1) is 5.10 Å². The molecule has 2 heterocycles. The minimum absolute atomic E-state index is 0.266. The number of methoxy groups -OCH3 is 1. The maximum absolute atomic E-state index is 14.0. The van der Waals surface area contributed by atoms with Gasteiger partial charge in [0.1, 0.15) is 17.6 Å². The van der Waals surface area contributed by atoms with E-state index in [4.69, 9.17) is 9.47 Å². The Morgan fingerprint density at radius 3 is 2.76 bits per heavy atom. The lowest BCUT2D eigenvalue weighted by Gasteiger charge is -2.28. The predicted octanol–water partition coefficient (Wildman–Crippen LogP) is 4.96. The molecule has 1 aromatic heterocycles. The fraction of sp³-hybridized carbons (Fsp3) is 0.292. The second kappa shape index (κ2) is 9.66. The van der Waals surface area contributed by atoms with Crippen molar-refractivity contribution in [1.82, 2.24) is 14.8 Å². The van der Waals surface area contributed by atoms with E-state index in [0.29, 0.717) is 39.4 Å². The van der Waals surface area contributed by atoms with E-state index in [1.54, 1.807) is 30.0 Å². The number of esters is 1. The number of ether oxygens (including phenoxy) is 2. The Kier molecular flexibility index (Phi) is 6.69. The van der Waals surface area contributed by atoms with Crippen LogP contribution in [0.2, 0.25) is 0 Å². The molecule has 1 N–H and O–H groups in total. The molecule has 3 aromatic rings. The molecule has 0 amide bonds. The van der Waals surface area contributed by atoms with Crippen molar-refractivity contribution in [3.63, 3.8) is 0 Å². The zero-order valence-corrected chi connectivity index (χ0v) is 19.6. The van der Waals surface area contributed by atoms with E-state index in [2.05, 4.69) is 15.4 Å². The van der Waals surface area contributed by atoms with Crippen molar-refractivity contribution in [2.45, 2.75) is 43.8 Å². The summed E-state index contributed by atoms with van der Waals surface area (Å²) in [5.41, 5.74) is 2.46. The van der Waals surface area contributed by atoms with Gasteiger partial charge in [0, 0.05) is 11.4 Å². The van der Waals surface area contributed by atoms with Gasteiger partial charge in [-0.2, -0.15) is 4.98 Å². The molecule has 33 heavy (non-hydrogen) atoms. The Labute approximate surface area is 196 Å². The Bertz CT molecular complexity index is 1210. The van der Waals surface area contributed by atoms with E-state index in [0.717, 1.165) is 5.56 Å². The van der Waals surface area contributed by atoms with E-state index < -0.39 is 12.0 Å². The normalized spacial score (nSPS) is 15.3. The summed E-state index contributed by atoms with van der Waals surface area (Å²) in [6, 6.07) is 13.5. The molecule has 0 aliphatic carbocycles. The molecule has 1 unspecified atom stereocenters. The predicted molar refractivity (Wildman–Crippen MR) is 125 cm³/mol. The second-order valence-corrected chi connectivity index (χ2v) is 8.78. The molecule has 0 saturated heterocycles. The number of hydrogen-bond acceptors (Lipinski definition) is 7. The van der Waals surface area contributed by atoms with Crippen LogP contribution in [0.1, 0.15) is 37.9 Å². The molecule has 1 aliphatic heterocycles. The number of rotatable bonds is 7. The van der Waals surface area contributed by atoms with Gasteiger partial charge in [0.05, 0.1) is 18.8 Å². The van der Waals surface area contributed by atoms with E-state index in [9.17, 15) is 9.18 Å². The van der Waals surface area contributed by atoms with E-state index in [-0.39, 0.29) is 11.9 Å². The smallest absolute Gasteiger partial charge is 0.338 e. The molecule has 1 atom stereocenters. The van der Waals surface area contributed by atoms with Crippen LogP contribution in [-0.2, 0) is 15.3 Å². The molecule has 0 fully saturated rings. The molecule has 2 aromatic carbocycles. The third kappa shape index (κ3) is 4.88. The van der Waals surface area contributed by atoms with Crippen molar-refractivity contribution < 1.29 is 18.7 Å². The first-order valence-corrected chi connectivity index (χ1v) is 11.5. The van der Waals surface area contributed by atoms with Gasteiger partial charge in [0.2, 0.25) is 11.1 Å². The number of fused-ring (bicyclic) bond motifs is 1. The highest BCUT2D eigenvalue weighted by Gasteiger charge is 2.35. The van der Waals surface area contributed by atoms with Crippen LogP contribution in [0, 0.1) is 5.82 Å². The molecule has 0 saturated carbocycles. The van der Waals surface area contributed by atoms with Crippen LogP contribution < -0.4 is 10.1 Å². The van der Waals surface area contributed by atoms with Crippen molar-refractivity contribution in [3.8, 4) is 5.75 Å². The van der Waals surface area contributed by atoms with Gasteiger partial charge >= 0.3 is 5.97 Å². The van der Waals surface area contributed by atoms with E-state index in [1.165, 1.54) is 17.8 Å². The summed E-state index contributed by atoms with van der Waals surface area (Å²) in [6.07, 6.45) is -0.271. The number of nitrogens with one attached hydrogen (secondary N) is 1. The highest BCUT2D eigenvalue weighted by Crippen LogP contribution is 2.38. The number of carbonyl (C=O) groups excluding carboxylic acids is 1. The summed E-state index contributed by atoms with van der Waals surface area (Å²) >= 11 is 1.33. The first-order valence-electron chi connectivity index (χ1n) is 10.5. The summed E-state index contributed by atoms with van der Waals surface area (Å²) in [5, 5.41) is 8.30. The summed E-state index contributed by atoms with van der Waals surface area (Å²) < 4.78 is 26.6. The highest BCUT2D eigenvalue weighted by molar-refractivity contribution is 7.98. The summed E-state index contributed by atoms with van der Waals surface area (Å²) in [6.45, 7) is 5.43. The van der Waals surface area contributed by atoms with Gasteiger partial charge in [-0.05, 0) is 50.1 Å². The average Bonchev–Trinajstić information content (AvgIpc) is 3.19. The Morgan fingerprint density at radius 2 is 2.03 bits per heavy atom. The molecule has 1 aliphatic rings. The van der Waals surface area contributed by atoms with Crippen LogP contribution in [0.5, 0.6) is 5.75 Å². The maximum Gasteiger partial charge on any atom is 0.338 e. The minimum atomic E-state index is -0.557. The Morgan fingerprint density at radius 1 is 1.24 bits per heavy atom. The zero-order valence-electron chi connectivity index (χ0n) is 18.8. The van der Waals surface area contributed by atoms with Gasteiger partial charge in [-0.1, -0.05) is 42.1 Å². The monoisotopic (exact) mass is 468 g/mol. The van der Waals surface area contributed by atoms with Crippen molar-refractivity contribution in [2.75, 3.05) is 12.4 Å². The largest absolute Gasteiger partial charge is 0.497 e. The highest BCUT2D eigenvalue weighted by atomic mass is 32.2. The Hall–Kier alpha value is -3.33. The summed E-state index contributed by atoms with van der Waals surface area (Å²) in [4.78, 5) is 17.6. The molecule has 4 rings (SSSR count). The number of thioether (sulfide) groups is 1. The number of halogens is 1. The molecular weight excluding hydrogens is 443 g/mol. The first kappa shape index (κ1) is 22.8. The number of allylic oxidation sites excluding steroid dienone is 1. The number of aromatic nitrogens is 3. The van der Waals surface area contributed by atoms with Gasteiger partial charge in [-0.3, -0.25) is 0 Å². The number of benzene rings is 2. The quantitative estimate of drug-likeness (QED) is 0.388. The van der Waals surface area contributed by atoms with Gasteiger partial charge in [0.25, 0.3) is 0 Å². The van der Waals surface area contributed by atoms with Crippen LogP contribution in [-0.4, -0.2) is 33.9 Å². The molecule has 0 bridgehead atoms. The SMILES string of the molecule is COc1cccc(C2C(C(=O)OC(C)C)=C(C)Nc3nc(SCc4ccccc4F)nn32)c1. The lowest BCUT2D eigenvalue weighted by atomic mass is 9.95. The fourth-order valence-corrected chi connectivity index (χ4v) is 4.43. The van der Waals surface area contributed by atoms with Crippen molar-refractivity contribution >= 4 is 23.7 Å². The third-order valence-electron chi connectivity index (χ3n) is 5.12. The number of hydrogen-bond donors (Lipinski definition) is 1. The first-order chi connectivity index (χ1) is 15.9. The van der Waals surface area contributed by atoms with Crippen molar-refractivity contribution in [2.24, 2.45) is 0 Å². The zero-order chi connectivity index (χ0) is 23.5. The molecule has 9 heteroatoms. The van der Waals surface area contributed by atoms with Gasteiger partial charge < -0.3 is 14.8 Å². The third-order valence-corrected chi connectivity index (χ3v) is 6.01. The number of nitrogens with zero attached hydrogens (tertiary/aromatic N) is 3. The standard InChI is InChI=1S/C24H25FN4O3S/c1-14(2)32-22(30)20-15(3)26-23-27-24(33-13-17-8-5-6-11-19(17)25)28-29(23)21(20)16-9-7-10-18(12-16)31-4/h5-12,14,21H,13H2,1-4H3,(H,26,27,28). The average molecular weight is 469 g/mol. The number of anilines is 1. The molecule has 7 nitrogen and oxygen atoms in total. The second-order valence-electron chi connectivity index (χ2n) is 7.84. The molecular formula is C24H25FN4O3S. The van der Waals surface area contributed by atoms with Crippen LogP contribution in [0.4, 0.5) is 10.3 Å². The van der Waals surface area contributed by atoms with E-state index in [1.807, 2.05) is 45.0 Å². The van der Waals surface area contributed by atoms with E-state index >= 15 is 0 Å². The summed E-state index contributed by atoms with van der Waals surface area (Å²) in [5.74, 6) is 0.852. The molecule has 0 radical (unpaired) electrons. The molecule has 0 spiro atoms. The van der Waals surface area contributed by atoms with Crippen LogP contribution in [0.15, 0.2) is 65.0 Å². The van der Waals surface area contributed by atoms with Gasteiger partial charge in [0.15, 0.2) is 0 Å². The van der Waals surface area contributed by atoms with Gasteiger partial charge in [-0.25, -0.2) is 13.9 Å². The van der Waals surface area contributed by atoms with Crippen molar-refractivity contribution in [3.05, 3.63) is 76.7 Å². The molecule has 172 valence electrons. The van der Waals surface area contributed by atoms with Crippen LogP contribution in [0.25, 0.3) is 0 Å². The fourth-order valence-electron chi connectivity index (χ4n) is 3.61. The minimum Gasteiger partial charge on any atom is -0.497 e. The van der Waals surface area contributed by atoms with Crippen LogP contribution in [0.3, 0.4) is 0 Å². The maximum atomic E-state index is 14.0. The topological polar surface area (TPSA) is 78.3 Å². The van der Waals surface area contributed by atoms with Crippen molar-refractivity contribution in [1.29, 1.82) is 0 Å². The number of carbonyl (C=O) groups is 1. The Balaban J connectivity index is 1.72. The summed E-state index contributed by atoms with van der Waals surface area (Å²) in [7, 11) is 1.59. The van der Waals surface area contributed by atoms with Crippen LogP contribution >= 0.6 is 11.8 Å². The lowest BCUT2D eigenvalue weighted by Crippen LogP contribution is -2.30.